The Morgan fingerprint density at radius 3 is 2.95 bits per heavy atom. The summed E-state index contributed by atoms with van der Waals surface area (Å²) in [6.45, 7) is 1.61. The van der Waals surface area contributed by atoms with Gasteiger partial charge in [-0.3, -0.25) is 9.78 Å². The van der Waals surface area contributed by atoms with Crippen molar-refractivity contribution in [2.45, 2.75) is 18.8 Å². The monoisotopic (exact) mass is 273 g/mol. The number of carbonyl (C=O) groups excluding carboxylic acids is 1. The first-order chi connectivity index (χ1) is 9.34. The molecule has 0 aromatic carbocycles. The van der Waals surface area contributed by atoms with Crippen LogP contribution < -0.4 is 0 Å². The summed E-state index contributed by atoms with van der Waals surface area (Å²) in [6, 6.07) is 4.09. The maximum atomic E-state index is 12.3. The summed E-state index contributed by atoms with van der Waals surface area (Å²) < 4.78 is 0. The van der Waals surface area contributed by atoms with Crippen LogP contribution in [0.4, 0.5) is 0 Å². The molecule has 98 valence electrons. The first-order valence-electron chi connectivity index (χ1n) is 6.42. The number of thiazole rings is 1. The molecule has 0 bridgehead atoms. The number of hydrogen-bond donors (Lipinski definition) is 0. The normalized spacial score (nSPS) is 19.4. The Morgan fingerprint density at radius 2 is 2.21 bits per heavy atom. The van der Waals surface area contributed by atoms with Gasteiger partial charge in [0, 0.05) is 36.8 Å². The highest BCUT2D eigenvalue weighted by Gasteiger charge is 2.26. The lowest BCUT2D eigenvalue weighted by Crippen LogP contribution is -2.39. The van der Waals surface area contributed by atoms with Crippen molar-refractivity contribution in [2.24, 2.45) is 0 Å². The molecule has 1 fully saturated rings. The molecule has 1 aliphatic rings. The van der Waals surface area contributed by atoms with Gasteiger partial charge in [0.2, 0.25) is 0 Å². The van der Waals surface area contributed by atoms with E-state index in [-0.39, 0.29) is 5.91 Å². The van der Waals surface area contributed by atoms with Crippen LogP contribution in [0.5, 0.6) is 0 Å². The van der Waals surface area contributed by atoms with Gasteiger partial charge in [0.15, 0.2) is 0 Å². The molecule has 4 nitrogen and oxygen atoms in total. The van der Waals surface area contributed by atoms with Crippen LogP contribution in [0.25, 0.3) is 0 Å². The average Bonchev–Trinajstić information content (AvgIpc) is 3.02. The summed E-state index contributed by atoms with van der Waals surface area (Å²) in [5.41, 5.74) is 3.54. The Balaban J connectivity index is 1.73. The molecule has 2 aromatic heterocycles. The fourth-order valence-electron chi connectivity index (χ4n) is 2.55. The molecule has 2 aromatic rings. The van der Waals surface area contributed by atoms with Gasteiger partial charge < -0.3 is 4.90 Å². The highest BCUT2D eigenvalue weighted by molar-refractivity contribution is 7.07. The molecule has 3 rings (SSSR count). The molecule has 1 amide bonds. The molecule has 3 heterocycles. The minimum Gasteiger partial charge on any atom is -0.337 e. The van der Waals surface area contributed by atoms with Crippen molar-refractivity contribution in [3.05, 3.63) is 46.7 Å². The van der Waals surface area contributed by atoms with Crippen molar-refractivity contribution in [3.8, 4) is 0 Å². The summed E-state index contributed by atoms with van der Waals surface area (Å²) >= 11 is 1.46. The number of aromatic nitrogens is 2. The Kier molecular flexibility index (Phi) is 3.55. The van der Waals surface area contributed by atoms with Gasteiger partial charge in [0.25, 0.3) is 5.91 Å². The van der Waals surface area contributed by atoms with E-state index in [1.807, 2.05) is 34.8 Å². The van der Waals surface area contributed by atoms with E-state index in [4.69, 9.17) is 0 Å². The van der Waals surface area contributed by atoms with Crippen molar-refractivity contribution in [2.75, 3.05) is 13.1 Å². The number of piperidine rings is 1. The lowest BCUT2D eigenvalue weighted by atomic mass is 9.91. The second kappa shape index (κ2) is 5.48. The topological polar surface area (TPSA) is 46.1 Å². The van der Waals surface area contributed by atoms with Gasteiger partial charge in [-0.05, 0) is 30.5 Å². The van der Waals surface area contributed by atoms with E-state index in [0.29, 0.717) is 11.6 Å². The number of likely N-dealkylation sites (tertiary alicyclic amines) is 1. The van der Waals surface area contributed by atoms with E-state index in [2.05, 4.69) is 9.97 Å². The highest BCUT2D eigenvalue weighted by Crippen LogP contribution is 2.27. The number of rotatable bonds is 2. The van der Waals surface area contributed by atoms with Gasteiger partial charge in [-0.15, -0.1) is 11.3 Å². The Hall–Kier alpha value is -1.75. The lowest BCUT2D eigenvalue weighted by molar-refractivity contribution is 0.0702. The lowest BCUT2D eigenvalue weighted by Gasteiger charge is -2.32. The van der Waals surface area contributed by atoms with Gasteiger partial charge in [-0.25, -0.2) is 4.98 Å². The van der Waals surface area contributed by atoms with E-state index in [9.17, 15) is 4.79 Å². The van der Waals surface area contributed by atoms with Crippen molar-refractivity contribution >= 4 is 17.2 Å². The zero-order chi connectivity index (χ0) is 13.1. The molecule has 1 aliphatic heterocycles. The molecule has 1 unspecified atom stereocenters. The second-order valence-corrected chi connectivity index (χ2v) is 5.46. The van der Waals surface area contributed by atoms with Crippen LogP contribution in [-0.2, 0) is 0 Å². The van der Waals surface area contributed by atoms with Crippen molar-refractivity contribution in [1.29, 1.82) is 0 Å². The number of nitrogens with zero attached hydrogens (tertiary/aromatic N) is 3. The third kappa shape index (κ3) is 2.66. The summed E-state index contributed by atoms with van der Waals surface area (Å²) in [5, 5.41) is 1.82. The van der Waals surface area contributed by atoms with Gasteiger partial charge in [-0.1, -0.05) is 0 Å². The second-order valence-electron chi connectivity index (χ2n) is 4.74. The van der Waals surface area contributed by atoms with Crippen LogP contribution in [0.2, 0.25) is 0 Å². The number of pyridine rings is 1. The van der Waals surface area contributed by atoms with Gasteiger partial charge >= 0.3 is 0 Å². The molecular formula is C14H15N3OS. The summed E-state index contributed by atoms with van der Waals surface area (Å²) in [7, 11) is 0. The number of amides is 1. The highest BCUT2D eigenvalue weighted by atomic mass is 32.1. The molecular weight excluding hydrogens is 258 g/mol. The van der Waals surface area contributed by atoms with Crippen LogP contribution in [0.1, 0.15) is 34.8 Å². The Labute approximate surface area is 116 Å². The molecule has 0 spiro atoms. The van der Waals surface area contributed by atoms with Gasteiger partial charge in [0.1, 0.15) is 5.69 Å². The smallest absolute Gasteiger partial charge is 0.273 e. The van der Waals surface area contributed by atoms with Crippen LogP contribution >= 0.6 is 11.3 Å². The first kappa shape index (κ1) is 12.3. The molecule has 0 N–H and O–H groups in total. The average molecular weight is 273 g/mol. The zero-order valence-electron chi connectivity index (χ0n) is 10.5. The van der Waals surface area contributed by atoms with Crippen molar-refractivity contribution in [1.82, 2.24) is 14.9 Å². The summed E-state index contributed by atoms with van der Waals surface area (Å²) in [4.78, 5) is 22.4. The maximum Gasteiger partial charge on any atom is 0.273 e. The van der Waals surface area contributed by atoms with E-state index in [0.717, 1.165) is 25.9 Å². The van der Waals surface area contributed by atoms with Crippen molar-refractivity contribution in [3.63, 3.8) is 0 Å². The fourth-order valence-corrected chi connectivity index (χ4v) is 3.08. The van der Waals surface area contributed by atoms with Crippen LogP contribution in [0, 0.1) is 0 Å². The molecule has 5 heteroatoms. The summed E-state index contributed by atoms with van der Waals surface area (Å²) in [5.74, 6) is 0.472. The fraction of sp³-hybridized carbons (Fsp3) is 0.357. The first-order valence-corrected chi connectivity index (χ1v) is 7.36. The molecule has 19 heavy (non-hydrogen) atoms. The van der Waals surface area contributed by atoms with E-state index in [1.54, 1.807) is 5.51 Å². The predicted molar refractivity (Wildman–Crippen MR) is 74.2 cm³/mol. The molecule has 1 atom stereocenters. The number of carbonyl (C=O) groups is 1. The molecule has 0 radical (unpaired) electrons. The van der Waals surface area contributed by atoms with E-state index >= 15 is 0 Å². The van der Waals surface area contributed by atoms with E-state index in [1.165, 1.54) is 16.9 Å². The van der Waals surface area contributed by atoms with Gasteiger partial charge in [-0.2, -0.15) is 0 Å². The minimum absolute atomic E-state index is 0.0556. The zero-order valence-corrected chi connectivity index (χ0v) is 11.3. The van der Waals surface area contributed by atoms with E-state index < -0.39 is 0 Å². The molecule has 1 saturated heterocycles. The maximum absolute atomic E-state index is 12.3. The third-order valence-electron chi connectivity index (χ3n) is 3.54. The minimum atomic E-state index is 0.0556. The van der Waals surface area contributed by atoms with Crippen molar-refractivity contribution < 1.29 is 4.79 Å². The quantitative estimate of drug-likeness (QED) is 0.844. The molecule has 0 saturated carbocycles. The Morgan fingerprint density at radius 1 is 1.37 bits per heavy atom. The Bertz CT molecular complexity index is 541. The number of hydrogen-bond acceptors (Lipinski definition) is 4. The SMILES string of the molecule is O=C(c1cscn1)N1CCCC(c2ccncc2)C1. The standard InChI is InChI=1S/C14H15N3OS/c18-14(13-9-19-10-16-13)17-7-1-2-12(8-17)11-3-5-15-6-4-11/h3-6,9-10,12H,1-2,7-8H2. The van der Waals surface area contributed by atoms with Crippen LogP contribution in [-0.4, -0.2) is 33.9 Å². The predicted octanol–water partition coefficient (Wildman–Crippen LogP) is 2.56. The van der Waals surface area contributed by atoms with Crippen LogP contribution in [0.15, 0.2) is 35.4 Å². The van der Waals surface area contributed by atoms with Crippen LogP contribution in [0.3, 0.4) is 0 Å². The molecule has 0 aliphatic carbocycles. The largest absolute Gasteiger partial charge is 0.337 e. The van der Waals surface area contributed by atoms with Gasteiger partial charge in [0.05, 0.1) is 5.51 Å². The third-order valence-corrected chi connectivity index (χ3v) is 4.12. The summed E-state index contributed by atoms with van der Waals surface area (Å²) in [6.07, 6.45) is 5.81.